The quantitative estimate of drug-likeness (QED) is 0.0270. The molecule has 0 rings (SSSR count). The lowest BCUT2D eigenvalue weighted by Crippen LogP contribution is -3.00. The van der Waals surface area contributed by atoms with Crippen molar-refractivity contribution in [3.63, 3.8) is 0 Å². The minimum atomic E-state index is -3.50. The molecule has 0 radical (unpaired) electrons. The maximum atomic E-state index is 12.6. The summed E-state index contributed by atoms with van der Waals surface area (Å²) in [6.45, 7) is 7.56. The SMILES string of the molecule is CCCCCCCC/C=C\CCCCCCCC(=O)NS(=O)(=O)CCC[N+](C)(C)C.CCCCCCCC/C=C\CCCCCCCCC(CCCCCCCC/C=C\CCCCCCCC)C(=O)NS(C)(=O)=O.[I-]. The van der Waals surface area contributed by atoms with Crippen molar-refractivity contribution in [2.75, 3.05) is 39.7 Å². The minimum Gasteiger partial charge on any atom is -1.00 e. The van der Waals surface area contributed by atoms with Gasteiger partial charge < -0.3 is 28.5 Å². The van der Waals surface area contributed by atoms with Gasteiger partial charge in [-0.25, -0.2) is 16.8 Å². The van der Waals surface area contributed by atoms with Crippen LogP contribution in [0.3, 0.4) is 0 Å². The third kappa shape index (κ3) is 67.0. The molecule has 0 aliphatic heterocycles. The number of rotatable bonds is 54. The lowest BCUT2D eigenvalue weighted by atomic mass is 9.93. The molecule has 0 atom stereocenters. The number of halogens is 1. The Morgan fingerprint density at radius 3 is 0.973 bits per heavy atom. The summed E-state index contributed by atoms with van der Waals surface area (Å²) >= 11 is 0. The number of unbranched alkanes of at least 4 members (excludes halogenated alkanes) is 35. The zero-order chi connectivity index (χ0) is 55.1. The number of carbonyl (C=O) groups excluding carboxylic acids is 2. The molecular weight excluding hydrogens is 1090 g/mol. The zero-order valence-electron chi connectivity index (χ0n) is 50.4. The second kappa shape index (κ2) is 57.4. The van der Waals surface area contributed by atoms with E-state index in [9.17, 15) is 26.4 Å². The second-order valence-electron chi connectivity index (χ2n) is 22.9. The molecule has 2 N–H and O–H groups in total. The van der Waals surface area contributed by atoms with Gasteiger partial charge in [-0.3, -0.25) is 19.0 Å². The summed E-state index contributed by atoms with van der Waals surface area (Å²) in [5.41, 5.74) is 0. The van der Waals surface area contributed by atoms with Crippen molar-refractivity contribution >= 4 is 31.9 Å². The smallest absolute Gasteiger partial charge is 0.236 e. The van der Waals surface area contributed by atoms with Crippen LogP contribution in [0, 0.1) is 5.92 Å². The first-order chi connectivity index (χ1) is 35.6. The molecule has 12 heteroatoms. The lowest BCUT2D eigenvalue weighted by molar-refractivity contribution is -0.870. The molecule has 0 fully saturated rings. The summed E-state index contributed by atoms with van der Waals surface area (Å²) in [6, 6.07) is 0. The minimum absolute atomic E-state index is 0. The van der Waals surface area contributed by atoms with E-state index in [0.29, 0.717) is 12.8 Å². The topological polar surface area (TPSA) is 126 Å². The number of sulfonamides is 2. The number of amides is 2. The van der Waals surface area contributed by atoms with Crippen molar-refractivity contribution in [2.45, 2.75) is 310 Å². The molecule has 0 aliphatic rings. The zero-order valence-corrected chi connectivity index (χ0v) is 54.2. The number of hydrogen-bond acceptors (Lipinski definition) is 6. The Kier molecular flexibility index (Phi) is 59.7. The monoisotopic (exact) mass is 1210 g/mol. The van der Waals surface area contributed by atoms with Crippen LogP contribution in [0.4, 0.5) is 0 Å². The van der Waals surface area contributed by atoms with Gasteiger partial charge in [0.05, 0.1) is 39.7 Å². The van der Waals surface area contributed by atoms with Crippen LogP contribution < -0.4 is 33.4 Å². The van der Waals surface area contributed by atoms with Gasteiger partial charge in [-0.05, 0) is 96.3 Å². The van der Waals surface area contributed by atoms with E-state index in [4.69, 9.17) is 0 Å². The van der Waals surface area contributed by atoms with Crippen molar-refractivity contribution in [1.82, 2.24) is 9.44 Å². The fourth-order valence-corrected chi connectivity index (χ4v) is 10.9. The first kappa shape index (κ1) is 78.0. The second-order valence-corrected chi connectivity index (χ2v) is 26.5. The molecule has 0 aromatic heterocycles. The Morgan fingerprint density at radius 2 is 0.680 bits per heavy atom. The van der Waals surface area contributed by atoms with Gasteiger partial charge in [0.2, 0.25) is 31.9 Å². The Balaban J connectivity index is -0.00000146. The molecule has 0 aromatic carbocycles. The average Bonchev–Trinajstić information content (AvgIpc) is 3.33. The van der Waals surface area contributed by atoms with Crippen molar-refractivity contribution in [1.29, 1.82) is 0 Å². The van der Waals surface area contributed by atoms with E-state index in [2.05, 4.69) is 66.7 Å². The van der Waals surface area contributed by atoms with E-state index in [1.807, 2.05) is 21.1 Å². The van der Waals surface area contributed by atoms with Crippen molar-refractivity contribution in [3.8, 4) is 0 Å². The van der Waals surface area contributed by atoms with Gasteiger partial charge in [0.15, 0.2) is 0 Å². The molecule has 0 unspecified atom stereocenters. The molecule has 2 amide bonds. The van der Waals surface area contributed by atoms with Crippen molar-refractivity contribution < 1.29 is 54.9 Å². The van der Waals surface area contributed by atoms with Crippen LogP contribution in [-0.4, -0.2) is 72.8 Å². The molecule has 0 saturated heterocycles. The fraction of sp³-hybridized carbons (Fsp3) is 0.873. The number of hydrogen-bond donors (Lipinski definition) is 2. The van der Waals surface area contributed by atoms with Crippen LogP contribution in [0.5, 0.6) is 0 Å². The van der Waals surface area contributed by atoms with E-state index in [-0.39, 0.29) is 47.5 Å². The number of nitrogens with one attached hydrogen (secondary N) is 2. The summed E-state index contributed by atoms with van der Waals surface area (Å²) in [4.78, 5) is 24.5. The number of nitrogens with zero attached hydrogens (tertiary/aromatic N) is 1. The molecule has 0 aromatic rings. The molecule has 0 bridgehead atoms. The predicted octanol–water partition coefficient (Wildman–Crippen LogP) is 15.1. The molecule has 446 valence electrons. The Morgan fingerprint density at radius 1 is 0.400 bits per heavy atom. The maximum absolute atomic E-state index is 12.6. The molecular formula is C63H124IN3O6S2. The van der Waals surface area contributed by atoms with Crippen LogP contribution in [0.25, 0.3) is 0 Å². The average molecular weight is 1210 g/mol. The van der Waals surface area contributed by atoms with Crippen molar-refractivity contribution in [3.05, 3.63) is 36.5 Å². The summed E-state index contributed by atoms with van der Waals surface area (Å²) < 4.78 is 52.4. The summed E-state index contributed by atoms with van der Waals surface area (Å²) in [5.74, 6) is -0.829. The summed E-state index contributed by atoms with van der Waals surface area (Å²) in [7, 11) is -0.914. The Hall–Kier alpha value is -1.25. The van der Waals surface area contributed by atoms with Gasteiger partial charge in [0.1, 0.15) is 0 Å². The maximum Gasteiger partial charge on any atom is 0.236 e. The van der Waals surface area contributed by atoms with Crippen LogP contribution in [0.2, 0.25) is 0 Å². The van der Waals surface area contributed by atoms with Gasteiger partial charge in [-0.1, -0.05) is 237 Å². The highest BCUT2D eigenvalue weighted by Gasteiger charge is 2.21. The Bertz CT molecular complexity index is 1520. The van der Waals surface area contributed by atoms with Crippen LogP contribution in [0.15, 0.2) is 36.5 Å². The molecule has 9 nitrogen and oxygen atoms in total. The van der Waals surface area contributed by atoms with Gasteiger partial charge in [-0.15, -0.1) is 0 Å². The first-order valence-electron chi connectivity index (χ1n) is 31.4. The largest absolute Gasteiger partial charge is 1.00 e. The highest BCUT2D eigenvalue weighted by atomic mass is 127. The third-order valence-corrected chi connectivity index (χ3v) is 15.9. The van der Waals surface area contributed by atoms with Crippen LogP contribution in [-0.2, 0) is 29.6 Å². The molecule has 0 saturated carbocycles. The number of allylic oxidation sites excluding steroid dienone is 6. The number of carbonyl (C=O) groups is 2. The highest BCUT2D eigenvalue weighted by Crippen LogP contribution is 2.21. The lowest BCUT2D eigenvalue weighted by Gasteiger charge is -2.23. The van der Waals surface area contributed by atoms with E-state index >= 15 is 0 Å². The summed E-state index contributed by atoms with van der Waals surface area (Å²) in [5, 5.41) is 0. The molecule has 0 heterocycles. The molecule has 75 heavy (non-hydrogen) atoms. The van der Waals surface area contributed by atoms with E-state index < -0.39 is 20.0 Å². The molecule has 0 aliphatic carbocycles. The normalized spacial score (nSPS) is 12.2. The molecule has 0 spiro atoms. The number of quaternary nitrogens is 1. The van der Waals surface area contributed by atoms with E-state index in [0.717, 1.165) is 81.5 Å². The van der Waals surface area contributed by atoms with Gasteiger partial charge in [0, 0.05) is 18.8 Å². The fourth-order valence-electron chi connectivity index (χ4n) is 9.31. The standard InChI is InChI=1S/C39H75NO3S.C24H48N2O3S.HI/c1-4-6-8-10-12-14-16-18-20-22-24-26-28-30-32-34-36-38(39(41)40-44(3,42)43)37-35-33-31-29-27-25-23-21-19-17-15-13-11-9-7-5-2;1-5-6-7-8-9-10-11-12-13-14-15-16-17-18-19-21-24(27)25-30(28,29)23-20-22-26(2,3)4;/h18-21,38H,4-17,22-37H2,1-3H3,(H,40,41);12-13H,5-11,14-23H2,1-4H3;1H/b20-18-,21-19-;13-12-;. The van der Waals surface area contributed by atoms with Gasteiger partial charge in [-0.2, -0.15) is 0 Å². The van der Waals surface area contributed by atoms with Gasteiger partial charge in [0.25, 0.3) is 0 Å². The van der Waals surface area contributed by atoms with Crippen molar-refractivity contribution in [2.24, 2.45) is 5.92 Å². The third-order valence-electron chi connectivity index (χ3n) is 14.0. The van der Waals surface area contributed by atoms with Crippen LogP contribution >= 0.6 is 0 Å². The van der Waals surface area contributed by atoms with E-state index in [1.165, 1.54) is 212 Å². The summed E-state index contributed by atoms with van der Waals surface area (Å²) in [6.07, 6.45) is 68.8. The van der Waals surface area contributed by atoms with Gasteiger partial charge >= 0.3 is 0 Å². The predicted molar refractivity (Wildman–Crippen MR) is 324 cm³/mol. The first-order valence-corrected chi connectivity index (χ1v) is 34.9. The van der Waals surface area contributed by atoms with Crippen LogP contribution in [0.1, 0.15) is 310 Å². The highest BCUT2D eigenvalue weighted by molar-refractivity contribution is 7.90. The Labute approximate surface area is 484 Å². The van der Waals surface area contributed by atoms with E-state index in [1.54, 1.807) is 0 Å².